The summed E-state index contributed by atoms with van der Waals surface area (Å²) in [5.41, 5.74) is 5.90. The third-order valence-electron chi connectivity index (χ3n) is 12.5. The molecule has 1 aromatic heterocycles. The number of carboxylic acid groups (broad SMARTS) is 4. The Balaban J connectivity index is 0.000000765. The number of alkyl halides is 9. The first kappa shape index (κ1) is 73.4. The van der Waals surface area contributed by atoms with Crippen molar-refractivity contribution < 1.29 is 175 Å². The number of nitrogens with two attached hydrogens (primary N) is 1. The Morgan fingerprint density at radius 3 is 1.92 bits per heavy atom. The fraction of sp³-hybridized carbons (Fsp3) is 0.674. The van der Waals surface area contributed by atoms with Crippen molar-refractivity contribution in [2.75, 3.05) is 39.1 Å². The highest BCUT2D eigenvalue weighted by Crippen LogP contribution is 2.41. The molecule has 4 aliphatic heterocycles. The minimum atomic E-state index is -5.19. The molecule has 17 atom stereocenters. The number of aliphatic hydroxyl groups is 7. The van der Waals surface area contributed by atoms with Gasteiger partial charge in [0.1, 0.15) is 115 Å². The van der Waals surface area contributed by atoms with Gasteiger partial charge < -0.3 is 127 Å². The normalized spacial score (nSPS) is 31.5. The fourth-order valence-corrected chi connectivity index (χ4v) is 10.4. The van der Waals surface area contributed by atoms with Gasteiger partial charge in [0, 0.05) is 22.6 Å². The van der Waals surface area contributed by atoms with Gasteiger partial charge in [0.2, 0.25) is 5.91 Å². The predicted octanol–water partition coefficient (Wildman–Crippen LogP) is -11.3. The Morgan fingerprint density at radius 2 is 1.42 bits per heavy atom. The average molecular weight is 1290 g/mol. The Morgan fingerprint density at radius 1 is 0.871 bits per heavy atom. The smallest absolute Gasteiger partial charge is 0.430 e. The number of carbonyl (C=O) groups excluding carboxylic acids is 7. The van der Waals surface area contributed by atoms with Crippen LogP contribution in [-0.2, 0) is 63.7 Å². The molecule has 0 unspecified atom stereocenters. The third kappa shape index (κ3) is 20.1. The zero-order valence-corrected chi connectivity index (χ0v) is 45.3. The van der Waals surface area contributed by atoms with Crippen LogP contribution in [0.25, 0.3) is 0 Å². The molecule has 0 radical (unpaired) electrons. The van der Waals surface area contributed by atoms with Gasteiger partial charge in [0.25, 0.3) is 11.8 Å². The molecule has 6 rings (SSSR count). The number of thiophene rings is 1. The molecule has 4 amide bonds. The molecule has 5 heterocycles. The Hall–Kier alpha value is -5.84. The van der Waals surface area contributed by atoms with Crippen molar-refractivity contribution in [3.8, 4) is 0 Å². The fourth-order valence-electron chi connectivity index (χ4n) is 8.39. The number of halogens is 9. The number of thioether (sulfide) groups is 1. The number of quaternary nitrogens is 3. The Bertz CT molecular complexity index is 2460. The topological polar surface area (TPSA) is 525 Å². The molecule has 3 saturated heterocycles. The van der Waals surface area contributed by atoms with Gasteiger partial charge in [0.05, 0.1) is 32.7 Å². The van der Waals surface area contributed by atoms with Crippen molar-refractivity contribution in [3.05, 3.63) is 33.7 Å². The van der Waals surface area contributed by atoms with Gasteiger partial charge in [-0.2, -0.15) is 39.5 Å². The van der Waals surface area contributed by atoms with E-state index in [-0.39, 0.29) is 37.3 Å². The van der Waals surface area contributed by atoms with Crippen LogP contribution in [0, 0.1) is 0 Å². The van der Waals surface area contributed by atoms with E-state index in [0.29, 0.717) is 0 Å². The largest absolute Gasteiger partial charge is 0.542 e. The summed E-state index contributed by atoms with van der Waals surface area (Å²) in [5.74, 6) is -12.5. The number of aliphatic hydroxyl groups excluding tert-OH is 6. The molecular weight excluding hydrogens is 1230 g/mol. The Labute approximate surface area is 478 Å². The maximum absolute atomic E-state index is 13.4. The molecule has 5 aliphatic rings. The van der Waals surface area contributed by atoms with Gasteiger partial charge in [-0.3, -0.25) is 19.3 Å². The lowest BCUT2D eigenvalue weighted by Crippen LogP contribution is -2.96. The summed E-state index contributed by atoms with van der Waals surface area (Å²) in [5, 5.41) is 122. The highest BCUT2D eigenvalue weighted by molar-refractivity contribution is 8.00. The molecule has 1 aliphatic carbocycles. The molecule has 0 aromatic carbocycles. The monoisotopic (exact) mass is 1290 g/mol. The van der Waals surface area contributed by atoms with E-state index < -0.39 is 188 Å². The van der Waals surface area contributed by atoms with E-state index in [1.54, 1.807) is 24.5 Å². The van der Waals surface area contributed by atoms with Gasteiger partial charge in [0.15, 0.2) is 18.7 Å². The van der Waals surface area contributed by atoms with E-state index in [0.717, 1.165) is 9.78 Å². The molecule has 42 heteroatoms. The van der Waals surface area contributed by atoms with Gasteiger partial charge in [-0.25, -0.2) is 9.59 Å². The number of hydrogen-bond donors (Lipinski definition) is 14. The number of likely N-dealkylation sites (N-methyl/N-ethyl adjacent to an activating group) is 1. The summed E-state index contributed by atoms with van der Waals surface area (Å²) in [7, 11) is 1.61. The van der Waals surface area contributed by atoms with Gasteiger partial charge in [-0.05, 0) is 18.4 Å². The van der Waals surface area contributed by atoms with Crippen molar-refractivity contribution in [1.82, 2.24) is 20.9 Å². The van der Waals surface area contributed by atoms with Gasteiger partial charge in [-0.15, -0.1) is 23.1 Å². The average Bonchev–Trinajstić information content (AvgIpc) is 0.959. The van der Waals surface area contributed by atoms with Crippen LogP contribution in [0.5, 0.6) is 0 Å². The number of amides is 4. The SMILES string of the molecule is C[NH2+][C@@H]1[C@@H](O)[C@@H](O[C@@H]2[C@@H](O)[C@H](O[C@H]3O[C@H](C[NH3+])[C@@H](O)[C@H](O)[C@H]3O)[C@@H]([NH3+])C[C@H]2NC(=O)[C@H](O)CNC(=O)OCC2=C(C(=O)O)N3C(=O)[C@@H](NC(=O)Cc4cccs4)[C@H]3SC2)OC[C@]1(C)O.O=C([O-])C(F)(F)F.O=C([O-])C(F)(F)F.O=C([O-])C(F)(F)F. The van der Waals surface area contributed by atoms with E-state index in [1.807, 2.05) is 5.38 Å². The van der Waals surface area contributed by atoms with Crippen LogP contribution in [0.4, 0.5) is 44.3 Å². The zero-order valence-electron chi connectivity index (χ0n) is 43.7. The molecule has 484 valence electrons. The number of carbonyl (C=O) groups is 8. The van der Waals surface area contributed by atoms with Crippen molar-refractivity contribution >= 4 is 70.8 Å². The number of alkyl carbamates (subject to hydrolysis) is 1. The lowest BCUT2D eigenvalue weighted by atomic mass is 9.83. The van der Waals surface area contributed by atoms with E-state index in [1.165, 1.54) is 30.0 Å². The van der Waals surface area contributed by atoms with E-state index in [4.69, 9.17) is 53.4 Å². The molecule has 19 N–H and O–H groups in total. The number of ether oxygens (including phenoxy) is 5. The van der Waals surface area contributed by atoms with Crippen LogP contribution in [0.3, 0.4) is 0 Å². The van der Waals surface area contributed by atoms with Crippen LogP contribution >= 0.6 is 23.1 Å². The first-order valence-corrected chi connectivity index (χ1v) is 26.1. The lowest BCUT2D eigenvalue weighted by Gasteiger charge is -2.49. The molecule has 85 heavy (non-hydrogen) atoms. The maximum Gasteiger partial charge on any atom is 0.430 e. The molecule has 0 bridgehead atoms. The van der Waals surface area contributed by atoms with Crippen LogP contribution in [-0.4, -0.2) is 254 Å². The highest BCUT2D eigenvalue weighted by Gasteiger charge is 2.57. The molecule has 1 saturated carbocycles. The molecule has 1 aromatic rings. The van der Waals surface area contributed by atoms with Gasteiger partial charge in [-0.1, -0.05) is 6.07 Å². The van der Waals surface area contributed by atoms with E-state index >= 15 is 0 Å². The second-order valence-electron chi connectivity index (χ2n) is 18.8. The number of β-lactam (4-membered cyclic amide) rings is 1. The van der Waals surface area contributed by atoms with Crippen molar-refractivity contribution in [2.45, 2.75) is 141 Å². The zero-order chi connectivity index (χ0) is 65.0. The summed E-state index contributed by atoms with van der Waals surface area (Å²) < 4.78 is 123. The van der Waals surface area contributed by atoms with Crippen LogP contribution in [0.2, 0.25) is 0 Å². The maximum atomic E-state index is 13.4. The van der Waals surface area contributed by atoms with E-state index in [2.05, 4.69) is 27.4 Å². The molecule has 0 spiro atoms. The number of aliphatic carboxylic acids is 4. The first-order valence-electron chi connectivity index (χ1n) is 24.2. The number of hydrogen-bond acceptors (Lipinski definition) is 25. The van der Waals surface area contributed by atoms with Crippen molar-refractivity contribution in [1.29, 1.82) is 0 Å². The summed E-state index contributed by atoms with van der Waals surface area (Å²) in [6.07, 6.45) is -33.8. The van der Waals surface area contributed by atoms with Crippen LogP contribution in [0.1, 0.15) is 18.2 Å². The number of carboxylic acids is 4. The number of rotatable bonds is 16. The minimum Gasteiger partial charge on any atom is -0.542 e. The molecule has 31 nitrogen and oxygen atoms in total. The standard InChI is InChI=1S/C37H55N7O18S2.3C2HF3O2/c1-37(57)12-59-34(26(51)29(37)40-2)62-28-16(7-15(39)27(25(28)50)61-35-24(49)23(48)22(47)18(8-38)60-35)42-30(52)17(45)9-41-36(56)58-10-13-11-64-32-20(31(53)44(32)21(13)33(54)55)43-19(46)6-14-4-3-5-63-14;3*3-2(4,5)1(6)7/h3-5,15-18,20,22-29,32,34-35,40,45,47-51,57H,6-12,38-39H2,1-2H3,(H,41,56)(H,42,52)(H,43,46)(H,54,55);3*(H,6,7)/t15-,16+,17+,18+,20+,22+,23-,24+,25-,26+,27+,28-,29+,32+,34+,35+,37-;;;/m0.../s1. The number of nitrogens with zero attached hydrogens (tertiary/aromatic N) is 1. The summed E-state index contributed by atoms with van der Waals surface area (Å²) in [6.45, 7) is -0.134. The van der Waals surface area contributed by atoms with Crippen molar-refractivity contribution in [3.63, 3.8) is 0 Å². The second-order valence-corrected chi connectivity index (χ2v) is 20.9. The van der Waals surface area contributed by atoms with Crippen LogP contribution < -0.4 is 48.1 Å². The number of fused-ring (bicyclic) bond motifs is 1. The highest BCUT2D eigenvalue weighted by atomic mass is 32.2. The predicted molar refractivity (Wildman–Crippen MR) is 248 cm³/mol. The summed E-state index contributed by atoms with van der Waals surface area (Å²) in [4.78, 5) is 92.1. The summed E-state index contributed by atoms with van der Waals surface area (Å²) in [6, 6.07) is -0.320. The van der Waals surface area contributed by atoms with Gasteiger partial charge >= 0.3 is 30.6 Å². The van der Waals surface area contributed by atoms with Crippen LogP contribution in [0.15, 0.2) is 28.8 Å². The lowest BCUT2D eigenvalue weighted by molar-refractivity contribution is -0.695. The Kier molecular flexibility index (Phi) is 26.5. The van der Waals surface area contributed by atoms with Crippen molar-refractivity contribution in [2.24, 2.45) is 0 Å². The molecular formula is C43H58F9N7O24S2. The quantitative estimate of drug-likeness (QED) is 0.0540. The number of nitrogens with one attached hydrogen (secondary N) is 3. The summed E-state index contributed by atoms with van der Waals surface area (Å²) >= 11 is 2.55. The third-order valence-corrected chi connectivity index (χ3v) is 14.7. The molecule has 4 fully saturated rings. The van der Waals surface area contributed by atoms with E-state index in [9.17, 15) is 104 Å². The second kappa shape index (κ2) is 30.7. The first-order chi connectivity index (χ1) is 39.1. The minimum absolute atomic E-state index is 0.0122.